The number of aliphatic carboxylic acids is 1. The lowest BCUT2D eigenvalue weighted by atomic mass is 10.1. The Labute approximate surface area is 108 Å². The van der Waals surface area contributed by atoms with Crippen LogP contribution in [0.25, 0.3) is 0 Å². The van der Waals surface area contributed by atoms with Gasteiger partial charge in [-0.1, -0.05) is 18.2 Å². The summed E-state index contributed by atoms with van der Waals surface area (Å²) in [5, 5.41) is 10.9. The molecule has 0 heterocycles. The Balaban J connectivity index is 2.25. The van der Waals surface area contributed by atoms with E-state index in [-0.39, 0.29) is 13.2 Å². The summed E-state index contributed by atoms with van der Waals surface area (Å²) in [4.78, 5) is 10.4. The number of nitrogens with one attached hydrogen (secondary N) is 1. The van der Waals surface area contributed by atoms with Crippen LogP contribution in [0.5, 0.6) is 5.75 Å². The maximum Gasteiger partial charge on any atom is 0.403 e. The summed E-state index contributed by atoms with van der Waals surface area (Å²) in [5.41, 5.74) is 0. The molecule has 0 fully saturated rings. The standard InChI is InChI=1S/C12H14F3NO3/c13-12(14,15)10(11(17)18)8-16-6-7-19-9-4-2-1-3-5-9/h1-5,10,16H,6-8H2,(H,17,18). The fourth-order valence-electron chi connectivity index (χ4n) is 1.35. The van der Waals surface area contributed by atoms with Crippen LogP contribution in [0.4, 0.5) is 13.2 Å². The van der Waals surface area contributed by atoms with Gasteiger partial charge in [-0.3, -0.25) is 4.79 Å². The molecule has 4 nitrogen and oxygen atoms in total. The van der Waals surface area contributed by atoms with E-state index in [2.05, 4.69) is 5.32 Å². The van der Waals surface area contributed by atoms with Crippen LogP contribution in [0.3, 0.4) is 0 Å². The molecule has 1 rings (SSSR count). The third-order valence-electron chi connectivity index (χ3n) is 2.33. The zero-order valence-corrected chi connectivity index (χ0v) is 9.98. The summed E-state index contributed by atoms with van der Waals surface area (Å²) in [5.74, 6) is -3.68. The number of rotatable bonds is 7. The third-order valence-corrected chi connectivity index (χ3v) is 2.33. The zero-order chi connectivity index (χ0) is 14.3. The van der Waals surface area contributed by atoms with Crippen LogP contribution < -0.4 is 10.1 Å². The predicted molar refractivity (Wildman–Crippen MR) is 62.0 cm³/mol. The summed E-state index contributed by atoms with van der Waals surface area (Å²) in [6, 6.07) is 8.79. The Hall–Kier alpha value is -1.76. The number of carbonyl (C=O) groups is 1. The van der Waals surface area contributed by atoms with Crippen molar-refractivity contribution in [3.05, 3.63) is 30.3 Å². The number of halogens is 3. The number of hydrogen-bond acceptors (Lipinski definition) is 3. The number of carboxylic acid groups (broad SMARTS) is 1. The number of para-hydroxylation sites is 1. The van der Waals surface area contributed by atoms with Crippen LogP contribution in [0.2, 0.25) is 0 Å². The van der Waals surface area contributed by atoms with Crippen LogP contribution in [0.15, 0.2) is 30.3 Å². The molecule has 0 spiro atoms. The monoisotopic (exact) mass is 277 g/mol. The first-order valence-electron chi connectivity index (χ1n) is 5.59. The largest absolute Gasteiger partial charge is 0.492 e. The highest BCUT2D eigenvalue weighted by Crippen LogP contribution is 2.25. The molecule has 1 atom stereocenters. The fraction of sp³-hybridized carbons (Fsp3) is 0.417. The van der Waals surface area contributed by atoms with Gasteiger partial charge in [0, 0.05) is 13.1 Å². The molecule has 7 heteroatoms. The molecule has 0 amide bonds. The van der Waals surface area contributed by atoms with Crippen LogP contribution in [-0.2, 0) is 4.79 Å². The van der Waals surface area contributed by atoms with Gasteiger partial charge in [-0.15, -0.1) is 0 Å². The predicted octanol–water partition coefficient (Wildman–Crippen LogP) is 1.92. The van der Waals surface area contributed by atoms with Crippen molar-refractivity contribution < 1.29 is 27.8 Å². The number of benzene rings is 1. The van der Waals surface area contributed by atoms with Gasteiger partial charge in [-0.2, -0.15) is 13.2 Å². The average molecular weight is 277 g/mol. The molecular weight excluding hydrogens is 263 g/mol. The van der Waals surface area contributed by atoms with Gasteiger partial charge in [0.25, 0.3) is 0 Å². The second-order valence-electron chi connectivity index (χ2n) is 3.80. The SMILES string of the molecule is O=C(O)C(CNCCOc1ccccc1)C(F)(F)F. The number of ether oxygens (including phenoxy) is 1. The molecule has 19 heavy (non-hydrogen) atoms. The van der Waals surface area contributed by atoms with E-state index in [1.165, 1.54) is 0 Å². The van der Waals surface area contributed by atoms with Crippen molar-refractivity contribution in [1.82, 2.24) is 5.32 Å². The average Bonchev–Trinajstić information content (AvgIpc) is 2.32. The highest BCUT2D eigenvalue weighted by Gasteiger charge is 2.44. The molecule has 0 aliphatic heterocycles. The van der Waals surface area contributed by atoms with Crippen molar-refractivity contribution in [3.63, 3.8) is 0 Å². The molecule has 0 bridgehead atoms. The van der Waals surface area contributed by atoms with Crippen molar-refractivity contribution in [2.75, 3.05) is 19.7 Å². The van der Waals surface area contributed by atoms with Gasteiger partial charge < -0.3 is 15.2 Å². The van der Waals surface area contributed by atoms with E-state index in [4.69, 9.17) is 9.84 Å². The zero-order valence-electron chi connectivity index (χ0n) is 9.98. The first-order chi connectivity index (χ1) is 8.91. The molecule has 0 aliphatic carbocycles. The molecule has 0 aromatic heterocycles. The van der Waals surface area contributed by atoms with E-state index < -0.39 is 24.6 Å². The molecule has 1 unspecified atom stereocenters. The lowest BCUT2D eigenvalue weighted by Gasteiger charge is -2.16. The maximum atomic E-state index is 12.3. The van der Waals surface area contributed by atoms with E-state index >= 15 is 0 Å². The molecule has 0 radical (unpaired) electrons. The highest BCUT2D eigenvalue weighted by molar-refractivity contribution is 5.71. The van der Waals surface area contributed by atoms with Crippen LogP contribution in [0, 0.1) is 5.92 Å². The molecule has 0 saturated heterocycles. The quantitative estimate of drug-likeness (QED) is 0.748. The molecular formula is C12H14F3NO3. The molecule has 2 N–H and O–H groups in total. The summed E-state index contributed by atoms with van der Waals surface area (Å²) in [6.07, 6.45) is -4.75. The molecule has 1 aromatic rings. The Morgan fingerprint density at radius 2 is 1.95 bits per heavy atom. The van der Waals surface area contributed by atoms with Gasteiger partial charge in [-0.25, -0.2) is 0 Å². The van der Waals surface area contributed by atoms with Crippen molar-refractivity contribution >= 4 is 5.97 Å². The summed E-state index contributed by atoms with van der Waals surface area (Å²) in [6.45, 7) is -0.375. The van der Waals surface area contributed by atoms with E-state index in [9.17, 15) is 18.0 Å². The maximum absolute atomic E-state index is 12.3. The minimum atomic E-state index is -4.75. The van der Waals surface area contributed by atoms with Crippen LogP contribution >= 0.6 is 0 Å². The van der Waals surface area contributed by atoms with E-state index in [0.717, 1.165) is 0 Å². The lowest BCUT2D eigenvalue weighted by Crippen LogP contribution is -2.40. The Bertz CT molecular complexity index is 395. The van der Waals surface area contributed by atoms with Crippen molar-refractivity contribution in [2.24, 2.45) is 5.92 Å². The Morgan fingerprint density at radius 3 is 2.47 bits per heavy atom. The van der Waals surface area contributed by atoms with Crippen LogP contribution in [0.1, 0.15) is 0 Å². The van der Waals surface area contributed by atoms with Crippen molar-refractivity contribution in [2.45, 2.75) is 6.18 Å². The number of alkyl halides is 3. The topological polar surface area (TPSA) is 58.6 Å². The smallest absolute Gasteiger partial charge is 0.403 e. The van der Waals surface area contributed by atoms with Gasteiger partial charge in [0.1, 0.15) is 12.4 Å². The fourth-order valence-corrected chi connectivity index (χ4v) is 1.35. The molecule has 1 aromatic carbocycles. The van der Waals surface area contributed by atoms with Gasteiger partial charge in [0.2, 0.25) is 0 Å². The lowest BCUT2D eigenvalue weighted by molar-refractivity contribution is -0.192. The number of carboxylic acids is 1. The van der Waals surface area contributed by atoms with Gasteiger partial charge in [-0.05, 0) is 12.1 Å². The van der Waals surface area contributed by atoms with Crippen LogP contribution in [-0.4, -0.2) is 36.9 Å². The molecule has 0 aliphatic rings. The second kappa shape index (κ2) is 6.98. The second-order valence-corrected chi connectivity index (χ2v) is 3.80. The van der Waals surface area contributed by atoms with Gasteiger partial charge in [0.15, 0.2) is 5.92 Å². The highest BCUT2D eigenvalue weighted by atomic mass is 19.4. The molecule has 106 valence electrons. The summed E-state index contributed by atoms with van der Waals surface area (Å²) in [7, 11) is 0. The normalized spacial score (nSPS) is 13.0. The first-order valence-corrected chi connectivity index (χ1v) is 5.59. The van der Waals surface area contributed by atoms with E-state index in [1.807, 2.05) is 6.07 Å². The minimum Gasteiger partial charge on any atom is -0.492 e. The van der Waals surface area contributed by atoms with Crippen molar-refractivity contribution in [1.29, 1.82) is 0 Å². The van der Waals surface area contributed by atoms with Gasteiger partial charge >= 0.3 is 12.1 Å². The molecule has 0 saturated carbocycles. The Kier molecular flexibility index (Phi) is 5.62. The first kappa shape index (κ1) is 15.3. The van der Waals surface area contributed by atoms with E-state index in [0.29, 0.717) is 5.75 Å². The summed E-state index contributed by atoms with van der Waals surface area (Å²) < 4.78 is 42.1. The third kappa shape index (κ3) is 5.60. The number of hydrogen-bond donors (Lipinski definition) is 2. The van der Waals surface area contributed by atoms with Gasteiger partial charge in [0.05, 0.1) is 0 Å². The summed E-state index contributed by atoms with van der Waals surface area (Å²) >= 11 is 0. The Morgan fingerprint density at radius 1 is 1.32 bits per heavy atom. The van der Waals surface area contributed by atoms with E-state index in [1.54, 1.807) is 24.3 Å². The minimum absolute atomic E-state index is 0.134. The van der Waals surface area contributed by atoms with Crippen molar-refractivity contribution in [3.8, 4) is 5.75 Å².